The van der Waals surface area contributed by atoms with Crippen molar-refractivity contribution in [2.45, 2.75) is 39.5 Å². The van der Waals surface area contributed by atoms with E-state index >= 15 is 0 Å². The highest BCUT2D eigenvalue weighted by Crippen LogP contribution is 2.29. The average Bonchev–Trinajstić information content (AvgIpc) is 2.26. The molecule has 0 spiro atoms. The fourth-order valence-electron chi connectivity index (χ4n) is 2.08. The first kappa shape index (κ1) is 13.2. The SMILES string of the molecule is Cc1nnc(OCCC2CCC2)c(C(N)=S)c1C. The van der Waals surface area contributed by atoms with Gasteiger partial charge in [0.05, 0.1) is 17.9 Å². The van der Waals surface area contributed by atoms with Crippen molar-refractivity contribution in [1.29, 1.82) is 0 Å². The van der Waals surface area contributed by atoms with Crippen LogP contribution in [0.5, 0.6) is 5.88 Å². The van der Waals surface area contributed by atoms with Crippen molar-refractivity contribution in [1.82, 2.24) is 10.2 Å². The predicted octanol–water partition coefficient (Wildman–Crippen LogP) is 2.30. The third-order valence-corrected chi connectivity index (χ3v) is 3.86. The number of rotatable bonds is 5. The summed E-state index contributed by atoms with van der Waals surface area (Å²) in [6.45, 7) is 4.50. The lowest BCUT2D eigenvalue weighted by molar-refractivity contribution is 0.215. The highest BCUT2D eigenvalue weighted by atomic mass is 32.1. The Morgan fingerprint density at radius 2 is 2.11 bits per heavy atom. The molecule has 0 bridgehead atoms. The number of aromatic nitrogens is 2. The Morgan fingerprint density at radius 3 is 2.67 bits per heavy atom. The Hall–Kier alpha value is -1.23. The van der Waals surface area contributed by atoms with Gasteiger partial charge in [0.1, 0.15) is 4.99 Å². The zero-order chi connectivity index (χ0) is 13.1. The van der Waals surface area contributed by atoms with E-state index in [0.29, 0.717) is 17.5 Å². The van der Waals surface area contributed by atoms with Crippen LogP contribution in [-0.4, -0.2) is 21.8 Å². The summed E-state index contributed by atoms with van der Waals surface area (Å²) in [4.78, 5) is 0.323. The number of ether oxygens (including phenoxy) is 1. The average molecular weight is 265 g/mol. The standard InChI is InChI=1S/C13H19N3OS/c1-8-9(2)15-16-13(11(8)12(14)18)17-7-6-10-4-3-5-10/h10H,3-7H2,1-2H3,(H2,14,18). The van der Waals surface area contributed by atoms with E-state index in [9.17, 15) is 0 Å². The minimum absolute atomic E-state index is 0.323. The van der Waals surface area contributed by atoms with Gasteiger partial charge in [-0.25, -0.2) is 0 Å². The molecule has 2 N–H and O–H groups in total. The van der Waals surface area contributed by atoms with Crippen LogP contribution in [0.4, 0.5) is 0 Å². The fraction of sp³-hybridized carbons (Fsp3) is 0.615. The van der Waals surface area contributed by atoms with Crippen molar-refractivity contribution >= 4 is 17.2 Å². The van der Waals surface area contributed by atoms with E-state index in [1.807, 2.05) is 13.8 Å². The third-order valence-electron chi connectivity index (χ3n) is 3.66. The first-order valence-electron chi connectivity index (χ1n) is 6.36. The largest absolute Gasteiger partial charge is 0.476 e. The van der Waals surface area contributed by atoms with Gasteiger partial charge < -0.3 is 10.5 Å². The molecule has 0 saturated heterocycles. The number of hydrogen-bond acceptors (Lipinski definition) is 4. The van der Waals surface area contributed by atoms with E-state index in [-0.39, 0.29) is 0 Å². The van der Waals surface area contributed by atoms with Crippen LogP contribution in [-0.2, 0) is 0 Å². The molecule has 1 heterocycles. The summed E-state index contributed by atoms with van der Waals surface area (Å²) in [7, 11) is 0. The van der Waals surface area contributed by atoms with Crippen LogP contribution in [0.1, 0.15) is 42.5 Å². The molecule has 0 amide bonds. The molecular weight excluding hydrogens is 246 g/mol. The van der Waals surface area contributed by atoms with Gasteiger partial charge in [0, 0.05) is 0 Å². The molecule has 1 aromatic heterocycles. The summed E-state index contributed by atoms with van der Waals surface area (Å²) >= 11 is 5.06. The Morgan fingerprint density at radius 1 is 1.39 bits per heavy atom. The Labute approximate surface area is 113 Å². The molecule has 1 aromatic rings. The number of nitrogens with zero attached hydrogens (tertiary/aromatic N) is 2. The van der Waals surface area contributed by atoms with Crippen LogP contribution in [0.15, 0.2) is 0 Å². The van der Waals surface area contributed by atoms with Gasteiger partial charge in [-0.2, -0.15) is 5.10 Å². The van der Waals surface area contributed by atoms with Crippen LogP contribution in [0, 0.1) is 19.8 Å². The molecule has 2 rings (SSSR count). The number of aryl methyl sites for hydroxylation is 1. The highest BCUT2D eigenvalue weighted by molar-refractivity contribution is 7.80. The number of thiocarbonyl (C=S) groups is 1. The van der Waals surface area contributed by atoms with E-state index in [1.54, 1.807) is 0 Å². The topological polar surface area (TPSA) is 61.0 Å². The van der Waals surface area contributed by atoms with Crippen molar-refractivity contribution in [2.24, 2.45) is 11.7 Å². The number of nitrogens with two attached hydrogens (primary N) is 1. The van der Waals surface area contributed by atoms with E-state index in [2.05, 4.69) is 10.2 Å². The normalized spacial score (nSPS) is 15.2. The van der Waals surface area contributed by atoms with Crippen molar-refractivity contribution < 1.29 is 4.74 Å². The Balaban J connectivity index is 2.06. The van der Waals surface area contributed by atoms with Gasteiger partial charge in [0.2, 0.25) is 5.88 Å². The van der Waals surface area contributed by atoms with Crippen LogP contribution < -0.4 is 10.5 Å². The second-order valence-electron chi connectivity index (χ2n) is 4.89. The molecule has 0 unspecified atom stereocenters. The van der Waals surface area contributed by atoms with Crippen LogP contribution in [0.2, 0.25) is 0 Å². The monoisotopic (exact) mass is 265 g/mol. The lowest BCUT2D eigenvalue weighted by atomic mass is 9.83. The van der Waals surface area contributed by atoms with Gasteiger partial charge in [-0.15, -0.1) is 5.10 Å². The molecule has 0 radical (unpaired) electrons. The van der Waals surface area contributed by atoms with E-state index in [4.69, 9.17) is 22.7 Å². The Kier molecular flexibility index (Phi) is 4.11. The van der Waals surface area contributed by atoms with Gasteiger partial charge in [0.15, 0.2) is 0 Å². The second kappa shape index (κ2) is 5.61. The summed E-state index contributed by atoms with van der Waals surface area (Å²) in [6.07, 6.45) is 5.08. The lowest BCUT2D eigenvalue weighted by Gasteiger charge is -2.25. The van der Waals surface area contributed by atoms with Crippen molar-refractivity contribution in [3.63, 3.8) is 0 Å². The minimum atomic E-state index is 0.323. The van der Waals surface area contributed by atoms with Gasteiger partial charge in [0.25, 0.3) is 0 Å². The van der Waals surface area contributed by atoms with Crippen LogP contribution >= 0.6 is 12.2 Å². The predicted molar refractivity (Wildman–Crippen MR) is 74.8 cm³/mol. The van der Waals surface area contributed by atoms with Gasteiger partial charge in [-0.1, -0.05) is 31.5 Å². The van der Waals surface area contributed by atoms with E-state index < -0.39 is 0 Å². The molecule has 18 heavy (non-hydrogen) atoms. The van der Waals surface area contributed by atoms with Gasteiger partial charge in [-0.3, -0.25) is 0 Å². The first-order valence-corrected chi connectivity index (χ1v) is 6.77. The highest BCUT2D eigenvalue weighted by Gasteiger charge is 2.19. The molecule has 1 fully saturated rings. The summed E-state index contributed by atoms with van der Waals surface area (Å²) in [5, 5.41) is 8.12. The van der Waals surface area contributed by atoms with E-state index in [0.717, 1.165) is 29.2 Å². The molecule has 1 aliphatic rings. The number of hydrogen-bond donors (Lipinski definition) is 1. The van der Waals surface area contributed by atoms with Crippen molar-refractivity contribution in [2.75, 3.05) is 6.61 Å². The molecular formula is C13H19N3OS. The zero-order valence-electron chi connectivity index (χ0n) is 10.9. The molecule has 98 valence electrons. The quantitative estimate of drug-likeness (QED) is 0.828. The molecule has 1 aliphatic carbocycles. The zero-order valence-corrected chi connectivity index (χ0v) is 11.7. The summed E-state index contributed by atoms with van der Waals surface area (Å²) in [5.74, 6) is 1.29. The first-order chi connectivity index (χ1) is 8.59. The van der Waals surface area contributed by atoms with Crippen LogP contribution in [0.3, 0.4) is 0 Å². The summed E-state index contributed by atoms with van der Waals surface area (Å²) in [5.41, 5.74) is 8.26. The van der Waals surface area contributed by atoms with Crippen molar-refractivity contribution in [3.8, 4) is 5.88 Å². The summed E-state index contributed by atoms with van der Waals surface area (Å²) < 4.78 is 5.70. The molecule has 5 heteroatoms. The lowest BCUT2D eigenvalue weighted by Crippen LogP contribution is -2.19. The molecule has 0 aromatic carbocycles. The molecule has 0 atom stereocenters. The Bertz CT molecular complexity index is 458. The van der Waals surface area contributed by atoms with Crippen molar-refractivity contribution in [3.05, 3.63) is 16.8 Å². The van der Waals surface area contributed by atoms with Gasteiger partial charge in [-0.05, 0) is 31.7 Å². The fourth-order valence-corrected chi connectivity index (χ4v) is 2.32. The maximum atomic E-state index is 5.74. The second-order valence-corrected chi connectivity index (χ2v) is 5.33. The smallest absolute Gasteiger partial charge is 0.244 e. The molecule has 1 saturated carbocycles. The van der Waals surface area contributed by atoms with Gasteiger partial charge >= 0.3 is 0 Å². The van der Waals surface area contributed by atoms with E-state index in [1.165, 1.54) is 19.3 Å². The molecule has 4 nitrogen and oxygen atoms in total. The van der Waals surface area contributed by atoms with Crippen LogP contribution in [0.25, 0.3) is 0 Å². The minimum Gasteiger partial charge on any atom is -0.476 e. The molecule has 0 aliphatic heterocycles. The maximum absolute atomic E-state index is 5.74. The third kappa shape index (κ3) is 2.77. The summed E-state index contributed by atoms with van der Waals surface area (Å²) in [6, 6.07) is 0. The maximum Gasteiger partial charge on any atom is 0.244 e.